The third-order valence-electron chi connectivity index (χ3n) is 5.78. The van der Waals surface area contributed by atoms with Gasteiger partial charge in [-0.05, 0) is 35.7 Å². The van der Waals surface area contributed by atoms with Crippen LogP contribution in [0.3, 0.4) is 0 Å². The van der Waals surface area contributed by atoms with Crippen LogP contribution >= 0.6 is 11.3 Å². The highest BCUT2D eigenvalue weighted by molar-refractivity contribution is 7.10. The Labute approximate surface area is 201 Å². The Kier molecular flexibility index (Phi) is 7.09. The molecule has 0 atom stereocenters. The van der Waals surface area contributed by atoms with Gasteiger partial charge in [-0.15, -0.1) is 11.3 Å². The van der Waals surface area contributed by atoms with Gasteiger partial charge >= 0.3 is 5.97 Å². The van der Waals surface area contributed by atoms with E-state index in [1.807, 2.05) is 22.4 Å². The first-order valence-electron chi connectivity index (χ1n) is 11.0. The molecule has 2 aromatic heterocycles. The maximum Gasteiger partial charge on any atom is 0.336 e. The number of benzene rings is 1. The lowest BCUT2D eigenvalue weighted by molar-refractivity contribution is -0.130. The number of thiophene rings is 1. The number of carboxylic acids is 1. The summed E-state index contributed by atoms with van der Waals surface area (Å²) in [5, 5.41) is 15.1. The lowest BCUT2D eigenvalue weighted by Gasteiger charge is -2.35. The van der Waals surface area contributed by atoms with E-state index in [4.69, 9.17) is 4.98 Å². The molecular weight excluding hydrogens is 454 g/mol. The largest absolute Gasteiger partial charge is 0.478 e. The zero-order valence-corrected chi connectivity index (χ0v) is 20.0. The molecule has 3 heterocycles. The van der Waals surface area contributed by atoms with Gasteiger partial charge in [-0.3, -0.25) is 14.5 Å². The van der Waals surface area contributed by atoms with Crippen LogP contribution in [0.15, 0.2) is 41.8 Å². The standard InChI is InChI=1S/C24H27N5O4S/c1-27(2)23(31)15-28-7-9-29(10-8-28)21-14-19(24(32)33)18-12-16(5-6-20(18)26-21)25-22(30)13-17-4-3-11-34-17/h3-6,11-12,14H,7-10,13,15H2,1-2H3,(H,25,30)(H,32,33). The number of carbonyl (C=O) groups excluding carboxylic acids is 2. The first-order valence-corrected chi connectivity index (χ1v) is 11.9. The van der Waals surface area contributed by atoms with E-state index in [0.717, 1.165) is 4.88 Å². The van der Waals surface area contributed by atoms with Crippen LogP contribution < -0.4 is 10.2 Å². The molecule has 0 bridgehead atoms. The quantitative estimate of drug-likeness (QED) is 0.534. The summed E-state index contributed by atoms with van der Waals surface area (Å²) in [7, 11) is 3.48. The minimum Gasteiger partial charge on any atom is -0.478 e. The third-order valence-corrected chi connectivity index (χ3v) is 6.65. The van der Waals surface area contributed by atoms with Crippen LogP contribution in [-0.4, -0.2) is 84.5 Å². The van der Waals surface area contributed by atoms with Gasteiger partial charge in [-0.1, -0.05) is 6.07 Å². The molecule has 1 saturated heterocycles. The number of piperazine rings is 1. The summed E-state index contributed by atoms with van der Waals surface area (Å²) >= 11 is 1.51. The van der Waals surface area contributed by atoms with Crippen molar-refractivity contribution >= 4 is 51.5 Å². The number of aromatic nitrogens is 1. The number of likely N-dealkylation sites (N-methyl/N-ethyl adjacent to an activating group) is 1. The highest BCUT2D eigenvalue weighted by Gasteiger charge is 2.22. The van der Waals surface area contributed by atoms with Crippen molar-refractivity contribution < 1.29 is 19.5 Å². The second kappa shape index (κ2) is 10.2. The number of aromatic carboxylic acids is 1. The van der Waals surface area contributed by atoms with Gasteiger partial charge in [-0.2, -0.15) is 0 Å². The fourth-order valence-corrected chi connectivity index (χ4v) is 4.58. The molecule has 0 aliphatic carbocycles. The summed E-state index contributed by atoms with van der Waals surface area (Å²) in [6, 6.07) is 10.5. The van der Waals surface area contributed by atoms with Crippen molar-refractivity contribution in [3.63, 3.8) is 0 Å². The van der Waals surface area contributed by atoms with Gasteiger partial charge in [0.2, 0.25) is 11.8 Å². The van der Waals surface area contributed by atoms with E-state index in [1.165, 1.54) is 11.3 Å². The number of pyridine rings is 1. The predicted octanol–water partition coefficient (Wildman–Crippen LogP) is 2.39. The topological polar surface area (TPSA) is 106 Å². The van der Waals surface area contributed by atoms with Crippen molar-refractivity contribution in [2.45, 2.75) is 6.42 Å². The molecule has 178 valence electrons. The average Bonchev–Trinajstić information content (AvgIpc) is 3.31. The second-order valence-corrected chi connectivity index (χ2v) is 9.45. The number of fused-ring (bicyclic) bond motifs is 1. The molecule has 4 rings (SSSR count). The predicted molar refractivity (Wildman–Crippen MR) is 133 cm³/mol. The Morgan fingerprint density at radius 2 is 1.88 bits per heavy atom. The number of carboxylic acid groups (broad SMARTS) is 1. The first kappa shape index (κ1) is 23.7. The van der Waals surface area contributed by atoms with Crippen LogP contribution in [0.1, 0.15) is 15.2 Å². The summed E-state index contributed by atoms with van der Waals surface area (Å²) in [6.07, 6.45) is 0.269. The maximum absolute atomic E-state index is 12.4. The smallest absolute Gasteiger partial charge is 0.336 e. The molecule has 1 aliphatic rings. The fraction of sp³-hybridized carbons (Fsp3) is 0.333. The average molecular weight is 482 g/mol. The molecule has 2 amide bonds. The highest BCUT2D eigenvalue weighted by Crippen LogP contribution is 2.27. The Morgan fingerprint density at radius 1 is 1.12 bits per heavy atom. The number of nitrogens with zero attached hydrogens (tertiary/aromatic N) is 4. The molecule has 2 N–H and O–H groups in total. The lowest BCUT2D eigenvalue weighted by Crippen LogP contribution is -2.49. The van der Waals surface area contributed by atoms with Gasteiger partial charge < -0.3 is 20.2 Å². The van der Waals surface area contributed by atoms with Gasteiger partial charge in [0.1, 0.15) is 5.82 Å². The van der Waals surface area contributed by atoms with E-state index in [-0.39, 0.29) is 23.8 Å². The van der Waals surface area contributed by atoms with Crippen LogP contribution in [0, 0.1) is 0 Å². The van der Waals surface area contributed by atoms with Crippen LogP contribution in [0.4, 0.5) is 11.5 Å². The second-order valence-electron chi connectivity index (χ2n) is 8.42. The van der Waals surface area contributed by atoms with E-state index in [1.54, 1.807) is 43.3 Å². The third kappa shape index (κ3) is 5.52. The molecule has 0 spiro atoms. The highest BCUT2D eigenvalue weighted by atomic mass is 32.1. The normalized spacial score (nSPS) is 14.2. The van der Waals surface area contributed by atoms with E-state index in [2.05, 4.69) is 10.2 Å². The van der Waals surface area contributed by atoms with Crippen LogP contribution in [0.5, 0.6) is 0 Å². The molecule has 1 aliphatic heterocycles. The molecule has 9 nitrogen and oxygen atoms in total. The fourth-order valence-electron chi connectivity index (χ4n) is 3.87. The summed E-state index contributed by atoms with van der Waals surface area (Å²) < 4.78 is 0. The van der Waals surface area contributed by atoms with Gasteiger partial charge in [0, 0.05) is 56.2 Å². The van der Waals surface area contributed by atoms with E-state index >= 15 is 0 Å². The number of hydrogen-bond acceptors (Lipinski definition) is 7. The molecule has 1 aromatic carbocycles. The van der Waals surface area contributed by atoms with Crippen LogP contribution in [0.2, 0.25) is 0 Å². The molecule has 0 unspecified atom stereocenters. The van der Waals surface area contributed by atoms with E-state index < -0.39 is 5.97 Å². The summed E-state index contributed by atoms with van der Waals surface area (Å²) in [4.78, 5) is 47.7. The minimum absolute atomic E-state index is 0.0590. The van der Waals surface area contributed by atoms with Crippen molar-refractivity contribution in [2.75, 3.05) is 57.0 Å². The number of anilines is 2. The van der Waals surface area contributed by atoms with Crippen LogP contribution in [-0.2, 0) is 16.0 Å². The zero-order chi connectivity index (χ0) is 24.2. The van der Waals surface area contributed by atoms with E-state index in [0.29, 0.717) is 55.1 Å². The van der Waals surface area contributed by atoms with Gasteiger partial charge in [0.25, 0.3) is 0 Å². The maximum atomic E-state index is 12.4. The molecular formula is C24H27N5O4S. The molecule has 1 fully saturated rings. The van der Waals surface area contributed by atoms with Gasteiger partial charge in [0.15, 0.2) is 0 Å². The minimum atomic E-state index is -1.05. The molecule has 0 saturated carbocycles. The number of rotatable bonds is 7. The van der Waals surface area contributed by atoms with Crippen LogP contribution in [0.25, 0.3) is 10.9 Å². The SMILES string of the molecule is CN(C)C(=O)CN1CCN(c2cc(C(=O)O)c3cc(NC(=O)Cc4cccs4)ccc3n2)CC1. The van der Waals surface area contributed by atoms with Gasteiger partial charge in [-0.25, -0.2) is 9.78 Å². The number of carbonyl (C=O) groups is 3. The first-order chi connectivity index (χ1) is 16.3. The number of amides is 2. The molecule has 0 radical (unpaired) electrons. The van der Waals surface area contributed by atoms with Crippen molar-refractivity contribution in [3.8, 4) is 0 Å². The molecule has 3 aromatic rings. The summed E-state index contributed by atoms with van der Waals surface area (Å²) in [6.45, 7) is 3.05. The van der Waals surface area contributed by atoms with Crippen molar-refractivity contribution in [2.24, 2.45) is 0 Å². The Balaban J connectivity index is 1.50. The van der Waals surface area contributed by atoms with E-state index in [9.17, 15) is 19.5 Å². The summed E-state index contributed by atoms with van der Waals surface area (Å²) in [5.41, 5.74) is 1.22. The lowest BCUT2D eigenvalue weighted by atomic mass is 10.1. The number of nitrogens with one attached hydrogen (secondary N) is 1. The number of hydrogen-bond donors (Lipinski definition) is 2. The zero-order valence-electron chi connectivity index (χ0n) is 19.2. The summed E-state index contributed by atoms with van der Waals surface area (Å²) in [5.74, 6) is -0.554. The monoisotopic (exact) mass is 481 g/mol. The van der Waals surface area contributed by atoms with Crippen molar-refractivity contribution in [1.82, 2.24) is 14.8 Å². The molecule has 10 heteroatoms. The van der Waals surface area contributed by atoms with Crippen molar-refractivity contribution in [3.05, 3.63) is 52.2 Å². The van der Waals surface area contributed by atoms with Crippen molar-refractivity contribution in [1.29, 1.82) is 0 Å². The Morgan fingerprint density at radius 3 is 2.53 bits per heavy atom. The van der Waals surface area contributed by atoms with Gasteiger partial charge in [0.05, 0.1) is 24.0 Å². The molecule has 34 heavy (non-hydrogen) atoms. The Bertz CT molecular complexity index is 1200. The Hall–Kier alpha value is -3.50.